The van der Waals surface area contributed by atoms with Gasteiger partial charge in [0.05, 0.1) is 17.1 Å². The van der Waals surface area contributed by atoms with Gasteiger partial charge in [0.1, 0.15) is 23.5 Å². The molecule has 0 saturated carbocycles. The van der Waals surface area contributed by atoms with Gasteiger partial charge in [0.15, 0.2) is 0 Å². The summed E-state index contributed by atoms with van der Waals surface area (Å²) in [6.07, 6.45) is 4.62. The molecule has 10 heteroatoms. The molecule has 3 heterocycles. The maximum absolute atomic E-state index is 13.4. The number of halogens is 2. The molecule has 2 fully saturated rings. The smallest absolute Gasteiger partial charge is 0.252 e. The molecule has 2 unspecified atom stereocenters. The van der Waals surface area contributed by atoms with E-state index in [0.717, 1.165) is 12.8 Å². The highest BCUT2D eigenvalue weighted by molar-refractivity contribution is 6.31. The summed E-state index contributed by atoms with van der Waals surface area (Å²) < 4.78 is 19.2. The molecule has 0 radical (unpaired) electrons. The first-order chi connectivity index (χ1) is 15.9. The van der Waals surface area contributed by atoms with Gasteiger partial charge in [-0.1, -0.05) is 11.6 Å². The Hall–Kier alpha value is -2.91. The van der Waals surface area contributed by atoms with Gasteiger partial charge in [-0.2, -0.15) is 0 Å². The maximum atomic E-state index is 13.4. The lowest BCUT2D eigenvalue weighted by Gasteiger charge is -2.40. The number of primary amides is 1. The van der Waals surface area contributed by atoms with Crippen molar-refractivity contribution in [3.05, 3.63) is 52.9 Å². The van der Waals surface area contributed by atoms with E-state index in [1.54, 1.807) is 17.0 Å². The summed E-state index contributed by atoms with van der Waals surface area (Å²) >= 11 is 5.98. The van der Waals surface area contributed by atoms with Crippen LogP contribution in [0, 0.1) is 5.82 Å². The monoisotopic (exact) mass is 475 g/mol. The number of nitrogens with two attached hydrogens (primary N) is 2. The summed E-state index contributed by atoms with van der Waals surface area (Å²) in [5, 5.41) is 0.285. The Morgan fingerprint density at radius 1 is 1.21 bits per heavy atom. The number of fused-ring (bicyclic) bond motifs is 2. The largest absolute Gasteiger partial charge is 0.490 e. The normalized spacial score (nSPS) is 21.7. The van der Waals surface area contributed by atoms with Crippen molar-refractivity contribution in [2.45, 2.75) is 43.9 Å². The fourth-order valence-corrected chi connectivity index (χ4v) is 5.02. The lowest BCUT2D eigenvalue weighted by molar-refractivity contribution is -0.135. The van der Waals surface area contributed by atoms with Crippen molar-refractivity contribution in [2.24, 2.45) is 11.5 Å². The van der Waals surface area contributed by atoms with Crippen molar-refractivity contribution in [3.63, 3.8) is 0 Å². The third-order valence-electron chi connectivity index (χ3n) is 6.22. The first kappa shape index (κ1) is 23.3. The number of carbonyl (C=O) groups is 2. The number of piperidine rings is 1. The molecule has 8 nitrogen and oxygen atoms in total. The zero-order valence-corrected chi connectivity index (χ0v) is 18.9. The molecule has 2 aliphatic heterocycles. The van der Waals surface area contributed by atoms with Gasteiger partial charge in [0, 0.05) is 44.2 Å². The summed E-state index contributed by atoms with van der Waals surface area (Å²) in [6.45, 7) is 0.638. The summed E-state index contributed by atoms with van der Waals surface area (Å²) in [4.78, 5) is 33.2. The minimum atomic E-state index is -0.673. The summed E-state index contributed by atoms with van der Waals surface area (Å²) in [5.41, 5.74) is 11.4. The van der Waals surface area contributed by atoms with E-state index in [0.29, 0.717) is 31.0 Å². The Kier molecular flexibility index (Phi) is 6.99. The van der Waals surface area contributed by atoms with Gasteiger partial charge in [0.2, 0.25) is 5.91 Å². The van der Waals surface area contributed by atoms with Crippen LogP contribution in [0.2, 0.25) is 5.02 Å². The SMILES string of the molecule is NCCN(CC(=O)N1C2CCC1CC(Oc1ccc(F)cc1)C2)c1ncc(Cl)cc1C(N)=O. The van der Waals surface area contributed by atoms with E-state index in [9.17, 15) is 14.0 Å². The lowest BCUT2D eigenvalue weighted by Crippen LogP contribution is -2.52. The van der Waals surface area contributed by atoms with Crippen LogP contribution < -0.4 is 21.1 Å². The highest BCUT2D eigenvalue weighted by Gasteiger charge is 2.44. The highest BCUT2D eigenvalue weighted by atomic mass is 35.5. The minimum absolute atomic E-state index is 0.0304. The third kappa shape index (κ3) is 5.20. The molecular formula is C23H27ClFN5O3. The van der Waals surface area contributed by atoms with Crippen molar-refractivity contribution >= 4 is 29.2 Å². The molecular weight excluding hydrogens is 449 g/mol. The average molecular weight is 476 g/mol. The van der Waals surface area contributed by atoms with E-state index in [4.69, 9.17) is 27.8 Å². The predicted molar refractivity (Wildman–Crippen MR) is 123 cm³/mol. The van der Waals surface area contributed by atoms with Crippen molar-refractivity contribution in [3.8, 4) is 5.75 Å². The van der Waals surface area contributed by atoms with Gasteiger partial charge in [0.25, 0.3) is 5.91 Å². The number of hydrogen-bond acceptors (Lipinski definition) is 6. The number of carbonyl (C=O) groups excluding carboxylic acids is 2. The molecule has 2 aromatic rings. The minimum Gasteiger partial charge on any atom is -0.490 e. The van der Waals surface area contributed by atoms with Gasteiger partial charge in [-0.05, 0) is 43.2 Å². The maximum Gasteiger partial charge on any atom is 0.252 e. The van der Waals surface area contributed by atoms with Crippen LogP contribution in [0.15, 0.2) is 36.5 Å². The van der Waals surface area contributed by atoms with Crippen LogP contribution >= 0.6 is 11.6 Å². The highest BCUT2D eigenvalue weighted by Crippen LogP contribution is 2.37. The van der Waals surface area contributed by atoms with Gasteiger partial charge in [-0.15, -0.1) is 0 Å². The Morgan fingerprint density at radius 3 is 2.48 bits per heavy atom. The summed E-state index contributed by atoms with van der Waals surface area (Å²) in [7, 11) is 0. The van der Waals surface area contributed by atoms with Crippen LogP contribution in [0.25, 0.3) is 0 Å². The van der Waals surface area contributed by atoms with E-state index < -0.39 is 5.91 Å². The summed E-state index contributed by atoms with van der Waals surface area (Å²) in [5.74, 6) is -0.105. The Bertz CT molecular complexity index is 1010. The molecule has 0 spiro atoms. The van der Waals surface area contributed by atoms with Crippen LogP contribution in [-0.2, 0) is 4.79 Å². The zero-order valence-electron chi connectivity index (χ0n) is 18.1. The molecule has 1 aromatic heterocycles. The van der Waals surface area contributed by atoms with Gasteiger partial charge >= 0.3 is 0 Å². The standard InChI is InChI=1S/C23H27ClFN5O3/c24-14-9-20(22(27)32)23(28-12-14)29(8-7-26)13-21(31)30-16-3-4-17(30)11-19(10-16)33-18-5-1-15(25)2-6-18/h1-2,5-6,9,12,16-17,19H,3-4,7-8,10-11,13,26H2,(H2,27,32). The Labute approximate surface area is 196 Å². The van der Waals surface area contributed by atoms with E-state index in [2.05, 4.69) is 4.98 Å². The number of rotatable bonds is 8. The van der Waals surface area contributed by atoms with Crippen LogP contribution in [0.5, 0.6) is 5.75 Å². The molecule has 4 rings (SSSR count). The second kappa shape index (κ2) is 9.93. The molecule has 4 N–H and O–H groups in total. The predicted octanol–water partition coefficient (Wildman–Crippen LogP) is 2.34. The molecule has 2 atom stereocenters. The van der Waals surface area contributed by atoms with E-state index in [-0.39, 0.29) is 53.6 Å². The molecule has 0 aliphatic carbocycles. The van der Waals surface area contributed by atoms with Gasteiger partial charge < -0.3 is 26.0 Å². The molecule has 2 amide bonds. The molecule has 176 valence electrons. The Balaban J connectivity index is 1.46. The van der Waals surface area contributed by atoms with Crippen LogP contribution in [0.1, 0.15) is 36.0 Å². The topological polar surface area (TPSA) is 115 Å². The molecule has 2 saturated heterocycles. The van der Waals surface area contributed by atoms with Crippen LogP contribution in [-0.4, -0.2) is 59.5 Å². The first-order valence-corrected chi connectivity index (χ1v) is 11.4. The molecule has 1 aromatic carbocycles. The second-order valence-electron chi connectivity index (χ2n) is 8.45. The van der Waals surface area contributed by atoms with Gasteiger partial charge in [-0.3, -0.25) is 9.59 Å². The summed E-state index contributed by atoms with van der Waals surface area (Å²) in [6, 6.07) is 7.57. The molecule has 2 bridgehead atoms. The first-order valence-electron chi connectivity index (χ1n) is 11.0. The number of nitrogens with zero attached hydrogens (tertiary/aromatic N) is 3. The van der Waals surface area contributed by atoms with Gasteiger partial charge in [-0.25, -0.2) is 9.37 Å². The quantitative estimate of drug-likeness (QED) is 0.605. The van der Waals surface area contributed by atoms with Crippen molar-refractivity contribution in [1.29, 1.82) is 0 Å². The van der Waals surface area contributed by atoms with Crippen LogP contribution in [0.3, 0.4) is 0 Å². The number of ether oxygens (including phenoxy) is 1. The van der Waals surface area contributed by atoms with E-state index in [1.807, 2.05) is 4.90 Å². The second-order valence-corrected chi connectivity index (χ2v) is 8.89. The fourth-order valence-electron chi connectivity index (χ4n) is 4.86. The number of hydrogen-bond donors (Lipinski definition) is 2. The molecule has 33 heavy (non-hydrogen) atoms. The van der Waals surface area contributed by atoms with Crippen molar-refractivity contribution in [1.82, 2.24) is 9.88 Å². The average Bonchev–Trinajstić information content (AvgIpc) is 3.05. The zero-order chi connectivity index (χ0) is 23.5. The van der Waals surface area contributed by atoms with Crippen molar-refractivity contribution < 1.29 is 18.7 Å². The number of amides is 2. The number of pyridine rings is 1. The Morgan fingerprint density at radius 2 is 1.88 bits per heavy atom. The number of benzene rings is 1. The number of aromatic nitrogens is 1. The van der Waals surface area contributed by atoms with E-state index >= 15 is 0 Å². The van der Waals surface area contributed by atoms with Crippen LogP contribution in [0.4, 0.5) is 10.2 Å². The number of anilines is 1. The fraction of sp³-hybridized carbons (Fsp3) is 0.435. The molecule has 2 aliphatic rings. The third-order valence-corrected chi connectivity index (χ3v) is 6.42. The van der Waals surface area contributed by atoms with E-state index in [1.165, 1.54) is 24.4 Å². The lowest BCUT2D eigenvalue weighted by atomic mass is 9.99. The van der Waals surface area contributed by atoms with Crippen molar-refractivity contribution in [2.75, 3.05) is 24.5 Å².